The normalized spacial score (nSPS) is 28.4. The Morgan fingerprint density at radius 2 is 1.85 bits per heavy atom. The van der Waals surface area contributed by atoms with Gasteiger partial charge in [-0.25, -0.2) is 4.79 Å². The summed E-state index contributed by atoms with van der Waals surface area (Å²) in [5, 5.41) is 3.87. The first-order chi connectivity index (χ1) is 9.74. The lowest BCUT2D eigenvalue weighted by molar-refractivity contribution is 0.0920. The molecule has 2 unspecified atom stereocenters. The molecule has 1 saturated carbocycles. The summed E-state index contributed by atoms with van der Waals surface area (Å²) in [6.07, 6.45) is 8.76. The Labute approximate surface area is 123 Å². The van der Waals surface area contributed by atoms with Gasteiger partial charge in [-0.2, -0.15) is 0 Å². The van der Waals surface area contributed by atoms with E-state index >= 15 is 0 Å². The number of carbonyl (C=O) groups excluding carboxylic acids is 1. The fourth-order valence-electron chi connectivity index (χ4n) is 3.66. The van der Waals surface area contributed by atoms with E-state index in [1.54, 1.807) is 0 Å². The van der Waals surface area contributed by atoms with Gasteiger partial charge in [0.05, 0.1) is 6.61 Å². The number of amides is 1. The molecule has 0 aromatic rings. The van der Waals surface area contributed by atoms with Gasteiger partial charge in [0.15, 0.2) is 0 Å². The van der Waals surface area contributed by atoms with Crippen molar-refractivity contribution in [2.24, 2.45) is 5.92 Å². The van der Waals surface area contributed by atoms with Crippen LogP contribution in [0.5, 0.6) is 0 Å². The summed E-state index contributed by atoms with van der Waals surface area (Å²) in [6.45, 7) is 6.31. The average Bonchev–Trinajstić information content (AvgIpc) is 2.49. The van der Waals surface area contributed by atoms with Crippen LogP contribution in [-0.2, 0) is 4.74 Å². The predicted octanol–water partition coefficient (Wildman–Crippen LogP) is 3.17. The Balaban J connectivity index is 1.74. The van der Waals surface area contributed by atoms with Crippen LogP contribution in [-0.4, -0.2) is 42.8 Å². The van der Waals surface area contributed by atoms with E-state index in [9.17, 15) is 4.79 Å². The maximum Gasteiger partial charge on any atom is 0.409 e. The van der Waals surface area contributed by atoms with E-state index in [0.29, 0.717) is 18.7 Å². The monoisotopic (exact) mass is 282 g/mol. The molecule has 1 aliphatic heterocycles. The zero-order valence-electron chi connectivity index (χ0n) is 13.1. The highest BCUT2D eigenvalue weighted by Gasteiger charge is 2.29. The third-order valence-electron chi connectivity index (χ3n) is 4.90. The van der Waals surface area contributed by atoms with Crippen LogP contribution in [0.3, 0.4) is 0 Å². The van der Waals surface area contributed by atoms with E-state index in [1.807, 2.05) is 11.8 Å². The van der Waals surface area contributed by atoms with Crippen LogP contribution in [0.1, 0.15) is 58.8 Å². The van der Waals surface area contributed by atoms with Gasteiger partial charge in [0, 0.05) is 25.2 Å². The minimum Gasteiger partial charge on any atom is -0.450 e. The van der Waals surface area contributed by atoms with Crippen LogP contribution >= 0.6 is 0 Å². The molecule has 2 rings (SSSR count). The molecule has 1 amide bonds. The lowest BCUT2D eigenvalue weighted by atomic mass is 9.82. The van der Waals surface area contributed by atoms with E-state index in [2.05, 4.69) is 12.2 Å². The van der Waals surface area contributed by atoms with E-state index in [1.165, 1.54) is 32.1 Å². The van der Waals surface area contributed by atoms with Crippen molar-refractivity contribution in [2.75, 3.05) is 19.7 Å². The topological polar surface area (TPSA) is 41.6 Å². The molecule has 0 spiro atoms. The van der Waals surface area contributed by atoms with E-state index in [4.69, 9.17) is 4.74 Å². The second kappa shape index (κ2) is 7.87. The quantitative estimate of drug-likeness (QED) is 0.861. The van der Waals surface area contributed by atoms with Crippen molar-refractivity contribution in [2.45, 2.75) is 70.9 Å². The molecule has 0 radical (unpaired) electrons. The highest BCUT2D eigenvalue weighted by atomic mass is 16.6. The first-order valence-corrected chi connectivity index (χ1v) is 8.42. The number of rotatable bonds is 4. The molecule has 0 bridgehead atoms. The molecule has 116 valence electrons. The highest BCUT2D eigenvalue weighted by molar-refractivity contribution is 5.67. The number of likely N-dealkylation sites (tertiary alicyclic amines) is 1. The van der Waals surface area contributed by atoms with Gasteiger partial charge in [-0.3, -0.25) is 0 Å². The molecule has 4 heteroatoms. The van der Waals surface area contributed by atoms with Crippen molar-refractivity contribution in [1.82, 2.24) is 10.2 Å². The first-order valence-electron chi connectivity index (χ1n) is 8.42. The Morgan fingerprint density at radius 1 is 1.15 bits per heavy atom. The molecule has 0 aromatic heterocycles. The van der Waals surface area contributed by atoms with Gasteiger partial charge < -0.3 is 15.0 Å². The van der Waals surface area contributed by atoms with E-state index < -0.39 is 0 Å². The highest BCUT2D eigenvalue weighted by Crippen LogP contribution is 2.28. The number of hydrogen-bond acceptors (Lipinski definition) is 3. The molecular weight excluding hydrogens is 252 g/mol. The molecule has 2 atom stereocenters. The summed E-state index contributed by atoms with van der Waals surface area (Å²) in [5.41, 5.74) is 0. The minimum absolute atomic E-state index is 0.143. The van der Waals surface area contributed by atoms with Gasteiger partial charge in [0.1, 0.15) is 0 Å². The molecule has 1 heterocycles. The maximum atomic E-state index is 11.7. The molecule has 2 aliphatic rings. The first kappa shape index (κ1) is 15.6. The van der Waals surface area contributed by atoms with Crippen molar-refractivity contribution >= 4 is 6.09 Å². The lowest BCUT2D eigenvalue weighted by Gasteiger charge is -2.38. The summed E-state index contributed by atoms with van der Waals surface area (Å²) in [4.78, 5) is 13.5. The maximum absolute atomic E-state index is 11.7. The van der Waals surface area contributed by atoms with Gasteiger partial charge in [-0.05, 0) is 38.5 Å². The third kappa shape index (κ3) is 4.11. The fourth-order valence-corrected chi connectivity index (χ4v) is 3.66. The van der Waals surface area contributed by atoms with Gasteiger partial charge in [0.2, 0.25) is 0 Å². The zero-order chi connectivity index (χ0) is 14.4. The van der Waals surface area contributed by atoms with Gasteiger partial charge in [-0.15, -0.1) is 0 Å². The lowest BCUT2D eigenvalue weighted by Crippen LogP contribution is -2.50. The van der Waals surface area contributed by atoms with Crippen molar-refractivity contribution in [3.8, 4) is 0 Å². The fraction of sp³-hybridized carbons (Fsp3) is 0.938. The molecule has 0 aromatic carbocycles. The summed E-state index contributed by atoms with van der Waals surface area (Å²) in [7, 11) is 0. The molecule has 1 N–H and O–H groups in total. The van der Waals surface area contributed by atoms with Crippen LogP contribution in [0, 0.1) is 5.92 Å². The number of nitrogens with one attached hydrogen (secondary N) is 1. The summed E-state index contributed by atoms with van der Waals surface area (Å²) < 4.78 is 5.07. The predicted molar refractivity (Wildman–Crippen MR) is 80.8 cm³/mol. The number of piperidine rings is 1. The van der Waals surface area contributed by atoms with E-state index in [0.717, 1.165) is 31.8 Å². The Morgan fingerprint density at radius 3 is 2.50 bits per heavy atom. The van der Waals surface area contributed by atoms with Crippen molar-refractivity contribution in [3.63, 3.8) is 0 Å². The Kier molecular flexibility index (Phi) is 6.14. The Bertz CT molecular complexity index is 301. The van der Waals surface area contributed by atoms with E-state index in [-0.39, 0.29) is 6.09 Å². The van der Waals surface area contributed by atoms with Crippen LogP contribution < -0.4 is 5.32 Å². The van der Waals surface area contributed by atoms with Gasteiger partial charge in [0.25, 0.3) is 0 Å². The second-order valence-corrected chi connectivity index (χ2v) is 6.19. The standard InChI is InChI=1S/C16H30N2O2/c1-3-13-7-5-6-8-15(13)17-14-9-11-18(12-10-14)16(19)20-4-2/h13-15,17H,3-12H2,1-2H3. The van der Waals surface area contributed by atoms with Gasteiger partial charge >= 0.3 is 6.09 Å². The Hall–Kier alpha value is -0.770. The minimum atomic E-state index is -0.143. The zero-order valence-corrected chi connectivity index (χ0v) is 13.1. The number of carbonyl (C=O) groups is 1. The van der Waals surface area contributed by atoms with Crippen LogP contribution in [0.4, 0.5) is 4.79 Å². The van der Waals surface area contributed by atoms with Crippen molar-refractivity contribution in [3.05, 3.63) is 0 Å². The summed E-state index contributed by atoms with van der Waals surface area (Å²) in [6, 6.07) is 1.28. The average molecular weight is 282 g/mol. The number of ether oxygens (including phenoxy) is 1. The van der Waals surface area contributed by atoms with Crippen LogP contribution in [0.15, 0.2) is 0 Å². The third-order valence-corrected chi connectivity index (χ3v) is 4.90. The summed E-state index contributed by atoms with van der Waals surface area (Å²) in [5.74, 6) is 0.854. The molecule has 2 fully saturated rings. The van der Waals surface area contributed by atoms with Crippen molar-refractivity contribution < 1.29 is 9.53 Å². The van der Waals surface area contributed by atoms with Gasteiger partial charge in [-0.1, -0.05) is 26.2 Å². The largest absolute Gasteiger partial charge is 0.450 e. The molecule has 4 nitrogen and oxygen atoms in total. The molecule has 1 aliphatic carbocycles. The number of nitrogens with zero attached hydrogens (tertiary/aromatic N) is 1. The summed E-state index contributed by atoms with van der Waals surface area (Å²) >= 11 is 0. The molecule has 1 saturated heterocycles. The SMILES string of the molecule is CCOC(=O)N1CCC(NC2CCCCC2CC)CC1. The van der Waals surface area contributed by atoms with Crippen LogP contribution in [0.2, 0.25) is 0 Å². The molecule has 20 heavy (non-hydrogen) atoms. The van der Waals surface area contributed by atoms with Crippen molar-refractivity contribution in [1.29, 1.82) is 0 Å². The van der Waals surface area contributed by atoms with Crippen LogP contribution in [0.25, 0.3) is 0 Å². The number of hydrogen-bond donors (Lipinski definition) is 1. The molecular formula is C16H30N2O2. The smallest absolute Gasteiger partial charge is 0.409 e. The second-order valence-electron chi connectivity index (χ2n) is 6.19.